The lowest BCUT2D eigenvalue weighted by Crippen LogP contribution is -2.33. The Hall–Kier alpha value is 0.310. The van der Waals surface area contributed by atoms with Crippen LogP contribution in [-0.2, 0) is 0 Å². The second-order valence-corrected chi connectivity index (χ2v) is 5.39. The predicted molar refractivity (Wildman–Crippen MR) is 55.4 cm³/mol. The van der Waals surface area contributed by atoms with Crippen molar-refractivity contribution < 1.29 is 0 Å². The van der Waals surface area contributed by atoms with Gasteiger partial charge < -0.3 is 5.32 Å². The van der Waals surface area contributed by atoms with Gasteiger partial charge in [0.2, 0.25) is 0 Å². The molecule has 70 valence electrons. The number of hydrogen-bond donors (Lipinski definition) is 1. The van der Waals surface area contributed by atoms with Gasteiger partial charge >= 0.3 is 0 Å². The van der Waals surface area contributed by atoms with Gasteiger partial charge in [0.15, 0.2) is 0 Å². The van der Waals surface area contributed by atoms with Crippen LogP contribution < -0.4 is 5.32 Å². The van der Waals surface area contributed by atoms with E-state index < -0.39 is 0 Å². The maximum absolute atomic E-state index is 3.69. The van der Waals surface area contributed by atoms with E-state index in [0.717, 1.165) is 17.3 Å². The lowest BCUT2D eigenvalue weighted by molar-refractivity contribution is 0.323. The minimum Gasteiger partial charge on any atom is -0.302 e. The summed E-state index contributed by atoms with van der Waals surface area (Å²) in [7, 11) is 0. The van der Waals surface area contributed by atoms with Crippen molar-refractivity contribution in [2.24, 2.45) is 5.92 Å². The Morgan fingerprint density at radius 2 is 1.92 bits per heavy atom. The first kappa shape index (κ1) is 8.89. The third kappa shape index (κ3) is 1.97. The molecular weight excluding hydrogens is 166 g/mol. The van der Waals surface area contributed by atoms with Crippen LogP contribution in [0.1, 0.15) is 39.0 Å². The molecule has 1 saturated carbocycles. The third-order valence-corrected chi connectivity index (χ3v) is 4.63. The zero-order valence-electron chi connectivity index (χ0n) is 7.88. The van der Waals surface area contributed by atoms with Crippen LogP contribution in [0.25, 0.3) is 0 Å². The van der Waals surface area contributed by atoms with Crippen molar-refractivity contribution in [1.29, 1.82) is 0 Å². The van der Waals surface area contributed by atoms with Gasteiger partial charge in [-0.15, -0.1) is 11.8 Å². The van der Waals surface area contributed by atoms with E-state index in [1.165, 1.54) is 37.9 Å². The van der Waals surface area contributed by atoms with E-state index in [2.05, 4.69) is 24.0 Å². The first-order valence-electron chi connectivity index (χ1n) is 5.24. The molecule has 0 radical (unpaired) electrons. The molecule has 2 unspecified atom stereocenters. The number of nitrogens with one attached hydrogen (secondary N) is 1. The summed E-state index contributed by atoms with van der Waals surface area (Å²) in [4.78, 5) is 0. The van der Waals surface area contributed by atoms with Gasteiger partial charge in [-0.2, -0.15) is 0 Å². The zero-order chi connectivity index (χ0) is 8.39. The lowest BCUT2D eigenvalue weighted by atomic mass is 9.89. The van der Waals surface area contributed by atoms with Gasteiger partial charge in [-0.3, -0.25) is 0 Å². The van der Waals surface area contributed by atoms with Crippen molar-refractivity contribution in [2.75, 3.05) is 5.75 Å². The molecule has 0 amide bonds. The molecule has 0 aromatic carbocycles. The van der Waals surface area contributed by atoms with E-state index in [1.54, 1.807) is 0 Å². The van der Waals surface area contributed by atoms with Crippen molar-refractivity contribution in [3.8, 4) is 0 Å². The first-order chi connectivity index (χ1) is 5.86. The van der Waals surface area contributed by atoms with Crippen LogP contribution in [-0.4, -0.2) is 17.2 Å². The normalized spacial score (nSPS) is 38.8. The lowest BCUT2D eigenvalue weighted by Gasteiger charge is -2.27. The van der Waals surface area contributed by atoms with E-state index in [4.69, 9.17) is 0 Å². The van der Waals surface area contributed by atoms with Gasteiger partial charge in [-0.1, -0.05) is 19.3 Å². The van der Waals surface area contributed by atoms with Gasteiger partial charge in [0.1, 0.15) is 0 Å². The first-order valence-corrected chi connectivity index (χ1v) is 6.29. The molecule has 2 heteroatoms. The largest absolute Gasteiger partial charge is 0.302 e. The monoisotopic (exact) mass is 185 g/mol. The molecule has 0 aromatic rings. The fourth-order valence-electron chi connectivity index (χ4n) is 2.33. The molecule has 0 bridgehead atoms. The molecule has 2 atom stereocenters. The van der Waals surface area contributed by atoms with Gasteiger partial charge in [-0.25, -0.2) is 0 Å². The molecule has 1 heterocycles. The summed E-state index contributed by atoms with van der Waals surface area (Å²) in [5.74, 6) is 2.30. The smallest absolute Gasteiger partial charge is 0.0563 e. The minimum atomic E-state index is 0.752. The molecule has 0 spiro atoms. The van der Waals surface area contributed by atoms with Crippen molar-refractivity contribution in [2.45, 2.75) is 50.4 Å². The Labute approximate surface area is 79.7 Å². The number of rotatable bonds is 1. The predicted octanol–water partition coefficient (Wildman–Crippen LogP) is 2.62. The maximum Gasteiger partial charge on any atom is 0.0563 e. The molecule has 1 saturated heterocycles. The van der Waals surface area contributed by atoms with Crippen LogP contribution in [0.15, 0.2) is 0 Å². The Kier molecular flexibility index (Phi) is 2.97. The van der Waals surface area contributed by atoms with Crippen LogP contribution in [0.4, 0.5) is 0 Å². The topological polar surface area (TPSA) is 12.0 Å². The van der Waals surface area contributed by atoms with Crippen molar-refractivity contribution >= 4 is 11.8 Å². The van der Waals surface area contributed by atoms with E-state index in [1.807, 2.05) is 0 Å². The van der Waals surface area contributed by atoms with E-state index in [0.29, 0.717) is 0 Å². The van der Waals surface area contributed by atoms with Crippen molar-refractivity contribution in [1.82, 2.24) is 5.32 Å². The summed E-state index contributed by atoms with van der Waals surface area (Å²) in [6.45, 7) is 2.30. The Morgan fingerprint density at radius 1 is 1.17 bits per heavy atom. The third-order valence-electron chi connectivity index (χ3n) is 3.05. The average Bonchev–Trinajstić information content (AvgIpc) is 2.54. The summed E-state index contributed by atoms with van der Waals surface area (Å²) in [5.41, 5.74) is 0. The van der Waals surface area contributed by atoms with Crippen LogP contribution in [0, 0.1) is 5.92 Å². The molecule has 2 fully saturated rings. The van der Waals surface area contributed by atoms with E-state index in [-0.39, 0.29) is 0 Å². The van der Waals surface area contributed by atoms with Crippen LogP contribution in [0.3, 0.4) is 0 Å². The average molecular weight is 185 g/mol. The van der Waals surface area contributed by atoms with Crippen molar-refractivity contribution in [3.63, 3.8) is 0 Å². The summed E-state index contributed by atoms with van der Waals surface area (Å²) < 4.78 is 0. The summed E-state index contributed by atoms with van der Waals surface area (Å²) in [5, 5.41) is 4.48. The highest BCUT2D eigenvalue weighted by Crippen LogP contribution is 2.34. The number of hydrogen-bond acceptors (Lipinski definition) is 2. The molecule has 1 aliphatic carbocycles. The summed E-state index contributed by atoms with van der Waals surface area (Å²) >= 11 is 2.15. The molecule has 12 heavy (non-hydrogen) atoms. The summed E-state index contributed by atoms with van der Waals surface area (Å²) in [6.07, 6.45) is 7.35. The second-order valence-electron chi connectivity index (χ2n) is 4.22. The van der Waals surface area contributed by atoms with Crippen LogP contribution >= 0.6 is 11.8 Å². The minimum absolute atomic E-state index is 0.752. The molecule has 2 aliphatic rings. The van der Waals surface area contributed by atoms with E-state index >= 15 is 0 Å². The van der Waals surface area contributed by atoms with E-state index in [9.17, 15) is 0 Å². The SMILES string of the molecule is CC1CSC(C2CCCCC2)N1. The van der Waals surface area contributed by atoms with Gasteiger partial charge in [-0.05, 0) is 25.7 Å². The van der Waals surface area contributed by atoms with Crippen LogP contribution in [0.5, 0.6) is 0 Å². The second kappa shape index (κ2) is 4.01. The molecule has 1 N–H and O–H groups in total. The van der Waals surface area contributed by atoms with Gasteiger partial charge in [0, 0.05) is 11.8 Å². The quantitative estimate of drug-likeness (QED) is 0.674. The highest BCUT2D eigenvalue weighted by molar-refractivity contribution is 8.00. The summed E-state index contributed by atoms with van der Waals surface area (Å²) in [6, 6.07) is 0.752. The molecule has 1 nitrogen and oxygen atoms in total. The van der Waals surface area contributed by atoms with Crippen molar-refractivity contribution in [3.05, 3.63) is 0 Å². The van der Waals surface area contributed by atoms with Gasteiger partial charge in [0.05, 0.1) is 5.37 Å². The fourth-order valence-corrected chi connectivity index (χ4v) is 3.80. The Bertz CT molecular complexity index is 140. The highest BCUT2D eigenvalue weighted by Gasteiger charge is 2.29. The van der Waals surface area contributed by atoms with Gasteiger partial charge in [0.25, 0.3) is 0 Å². The Balaban J connectivity index is 1.83. The molecule has 0 aromatic heterocycles. The van der Waals surface area contributed by atoms with Crippen LogP contribution in [0.2, 0.25) is 0 Å². The highest BCUT2D eigenvalue weighted by atomic mass is 32.2. The maximum atomic E-state index is 3.69. The number of thioether (sulfide) groups is 1. The zero-order valence-corrected chi connectivity index (χ0v) is 8.70. The standard InChI is InChI=1S/C10H19NS/c1-8-7-12-10(11-8)9-5-3-2-4-6-9/h8-11H,2-7H2,1H3. The Morgan fingerprint density at radius 3 is 2.50 bits per heavy atom. The molecule has 1 aliphatic heterocycles. The molecule has 2 rings (SSSR count). The fraction of sp³-hybridized carbons (Fsp3) is 1.00. The molecular formula is C10H19NS.